The van der Waals surface area contributed by atoms with Crippen molar-refractivity contribution >= 4 is 29.1 Å². The summed E-state index contributed by atoms with van der Waals surface area (Å²) < 4.78 is 0. The predicted molar refractivity (Wildman–Crippen MR) is 174 cm³/mol. The average molecular weight is 611 g/mol. The highest BCUT2D eigenvalue weighted by atomic mass is 16.3. The molecule has 1 fully saturated rings. The second-order valence-corrected chi connectivity index (χ2v) is 11.8. The highest BCUT2D eigenvalue weighted by molar-refractivity contribution is 6.07. The standard InChI is InChI=1S/C36H42N4O5/c1-26(9-7-15-33(42)39(21-22-41)24-27-10-3-2-4-11-27)36(45)31-13-5-6-14-32(31)40(35(36)44)25-28-16-18-30(19-17-28)38-34(43)29-12-8-20-37-23-29/h2-7,9-11,13-14,16-19,26,29,37,41,45H,8,12,15,20-25H2,1H3,(H,38,43)/b9-7+/t26-,29?,36+/m1/s1. The summed E-state index contributed by atoms with van der Waals surface area (Å²) in [6.45, 7) is 4.11. The number of piperidine rings is 1. The smallest absolute Gasteiger partial charge is 0.264 e. The molecule has 0 saturated carbocycles. The lowest BCUT2D eigenvalue weighted by Gasteiger charge is -2.28. The molecule has 4 N–H and O–H groups in total. The van der Waals surface area contributed by atoms with E-state index in [2.05, 4.69) is 10.6 Å². The zero-order chi connectivity index (χ0) is 31.8. The first-order chi connectivity index (χ1) is 21.8. The van der Waals surface area contributed by atoms with Crippen molar-refractivity contribution in [3.63, 3.8) is 0 Å². The van der Waals surface area contributed by atoms with E-state index in [1.165, 1.54) is 0 Å². The van der Waals surface area contributed by atoms with E-state index in [0.717, 1.165) is 30.5 Å². The number of fused-ring (bicyclic) bond motifs is 1. The van der Waals surface area contributed by atoms with E-state index < -0.39 is 17.4 Å². The quantitative estimate of drug-likeness (QED) is 0.230. The van der Waals surface area contributed by atoms with Crippen molar-refractivity contribution in [2.75, 3.05) is 36.5 Å². The minimum atomic E-state index is -1.80. The van der Waals surface area contributed by atoms with E-state index in [1.807, 2.05) is 66.7 Å². The lowest BCUT2D eigenvalue weighted by Crippen LogP contribution is -2.44. The van der Waals surface area contributed by atoms with Gasteiger partial charge in [0.2, 0.25) is 11.8 Å². The summed E-state index contributed by atoms with van der Waals surface area (Å²) in [4.78, 5) is 42.7. The zero-order valence-corrected chi connectivity index (χ0v) is 25.7. The maximum atomic E-state index is 13.9. The largest absolute Gasteiger partial charge is 0.395 e. The number of aliphatic hydroxyl groups is 2. The van der Waals surface area contributed by atoms with Crippen LogP contribution in [0, 0.1) is 11.8 Å². The van der Waals surface area contributed by atoms with E-state index in [9.17, 15) is 24.6 Å². The summed E-state index contributed by atoms with van der Waals surface area (Å²) in [5.74, 6) is -1.24. The van der Waals surface area contributed by atoms with E-state index >= 15 is 0 Å². The van der Waals surface area contributed by atoms with Gasteiger partial charge in [0.25, 0.3) is 5.91 Å². The number of anilines is 2. The third-order valence-corrected chi connectivity index (χ3v) is 8.72. The molecule has 9 heteroatoms. The monoisotopic (exact) mass is 610 g/mol. The molecule has 0 aliphatic carbocycles. The molecular weight excluding hydrogens is 568 g/mol. The number of benzene rings is 3. The molecule has 3 amide bonds. The van der Waals surface area contributed by atoms with Gasteiger partial charge in [-0.15, -0.1) is 0 Å². The van der Waals surface area contributed by atoms with Crippen LogP contribution >= 0.6 is 0 Å². The van der Waals surface area contributed by atoms with Crippen molar-refractivity contribution in [3.05, 3.63) is 108 Å². The van der Waals surface area contributed by atoms with Crippen molar-refractivity contribution < 1.29 is 24.6 Å². The van der Waals surface area contributed by atoms with Gasteiger partial charge in [-0.1, -0.05) is 79.7 Å². The molecule has 5 rings (SSSR count). The van der Waals surface area contributed by atoms with Gasteiger partial charge in [0.15, 0.2) is 5.60 Å². The highest BCUT2D eigenvalue weighted by Crippen LogP contribution is 2.45. The zero-order valence-electron chi connectivity index (χ0n) is 25.7. The minimum Gasteiger partial charge on any atom is -0.395 e. The molecule has 3 atom stereocenters. The summed E-state index contributed by atoms with van der Waals surface area (Å²) in [7, 11) is 0. The van der Waals surface area contributed by atoms with E-state index in [4.69, 9.17) is 0 Å². The van der Waals surface area contributed by atoms with E-state index in [0.29, 0.717) is 30.0 Å². The van der Waals surface area contributed by atoms with Crippen LogP contribution in [0.5, 0.6) is 0 Å². The number of hydrogen-bond donors (Lipinski definition) is 4. The van der Waals surface area contributed by atoms with Crippen molar-refractivity contribution in [2.24, 2.45) is 11.8 Å². The van der Waals surface area contributed by atoms with Crippen LogP contribution in [0.4, 0.5) is 11.4 Å². The van der Waals surface area contributed by atoms with Gasteiger partial charge >= 0.3 is 0 Å². The summed E-state index contributed by atoms with van der Waals surface area (Å²) in [5.41, 5.74) is 1.89. The second kappa shape index (κ2) is 14.6. The third kappa shape index (κ3) is 7.33. The van der Waals surface area contributed by atoms with Gasteiger partial charge in [0.1, 0.15) is 0 Å². The van der Waals surface area contributed by atoms with E-state index in [-0.39, 0.29) is 43.8 Å². The molecule has 0 radical (unpaired) electrons. The third-order valence-electron chi connectivity index (χ3n) is 8.72. The number of rotatable bonds is 12. The predicted octanol–water partition coefficient (Wildman–Crippen LogP) is 3.96. The van der Waals surface area contributed by atoms with Gasteiger partial charge in [0.05, 0.1) is 24.8 Å². The molecule has 2 aliphatic heterocycles. The Balaban J connectivity index is 1.25. The summed E-state index contributed by atoms with van der Waals surface area (Å²) in [6.07, 6.45) is 5.34. The van der Waals surface area contributed by atoms with Crippen LogP contribution < -0.4 is 15.5 Å². The van der Waals surface area contributed by atoms with Crippen LogP contribution in [-0.2, 0) is 33.1 Å². The summed E-state index contributed by atoms with van der Waals surface area (Å²) in [6, 6.07) is 24.3. The fourth-order valence-electron chi connectivity index (χ4n) is 6.11. The Hall–Kier alpha value is -4.31. The molecule has 236 valence electrons. The van der Waals surface area contributed by atoms with Crippen LogP contribution in [0.25, 0.3) is 0 Å². The number of nitrogens with zero attached hydrogens (tertiary/aromatic N) is 2. The van der Waals surface area contributed by atoms with Crippen LogP contribution in [0.1, 0.15) is 42.9 Å². The molecule has 1 unspecified atom stereocenters. The van der Waals surface area contributed by atoms with Crippen molar-refractivity contribution in [1.82, 2.24) is 10.2 Å². The molecule has 0 aromatic heterocycles. The lowest BCUT2D eigenvalue weighted by molar-refractivity contribution is -0.139. The van der Waals surface area contributed by atoms with Gasteiger partial charge in [-0.05, 0) is 48.7 Å². The molecule has 1 saturated heterocycles. The normalized spacial score (nSPS) is 20.2. The van der Waals surface area contributed by atoms with Gasteiger partial charge in [0, 0.05) is 43.2 Å². The van der Waals surface area contributed by atoms with E-state index in [1.54, 1.807) is 41.0 Å². The van der Waals surface area contributed by atoms with Crippen molar-refractivity contribution in [3.8, 4) is 0 Å². The highest BCUT2D eigenvalue weighted by Gasteiger charge is 2.52. The average Bonchev–Trinajstić information content (AvgIpc) is 3.28. The Morgan fingerprint density at radius 3 is 2.51 bits per heavy atom. The van der Waals surface area contributed by atoms with Crippen LogP contribution in [0.2, 0.25) is 0 Å². The number of carbonyl (C=O) groups is 3. The Bertz CT molecular complexity index is 1500. The first-order valence-electron chi connectivity index (χ1n) is 15.6. The Morgan fingerprint density at radius 1 is 1.07 bits per heavy atom. The number of carbonyl (C=O) groups excluding carboxylic acids is 3. The minimum absolute atomic E-state index is 0.00436. The molecule has 2 heterocycles. The first-order valence-corrected chi connectivity index (χ1v) is 15.6. The Morgan fingerprint density at radius 2 is 1.80 bits per heavy atom. The fourth-order valence-corrected chi connectivity index (χ4v) is 6.11. The molecule has 3 aromatic rings. The summed E-state index contributed by atoms with van der Waals surface area (Å²) in [5, 5.41) is 27.7. The molecule has 2 aliphatic rings. The number of amides is 3. The SMILES string of the molecule is C[C@H](/C=C/CC(=O)N(CCO)Cc1ccccc1)[C@@]1(O)C(=O)N(Cc2ccc(NC(=O)C3CCCNC3)cc2)c2ccccc21. The second-order valence-electron chi connectivity index (χ2n) is 11.8. The topological polar surface area (TPSA) is 122 Å². The Kier molecular flexibility index (Phi) is 10.4. The maximum absolute atomic E-state index is 13.9. The van der Waals surface area contributed by atoms with Crippen LogP contribution in [0.15, 0.2) is 91.0 Å². The summed E-state index contributed by atoms with van der Waals surface area (Å²) >= 11 is 0. The van der Waals surface area contributed by atoms with Gasteiger partial charge in [-0.2, -0.15) is 0 Å². The number of aliphatic hydroxyl groups excluding tert-OH is 1. The first kappa shape index (κ1) is 32.1. The molecule has 45 heavy (non-hydrogen) atoms. The molecule has 0 spiro atoms. The number of para-hydroxylation sites is 1. The maximum Gasteiger partial charge on any atom is 0.264 e. The molecule has 9 nitrogen and oxygen atoms in total. The van der Waals surface area contributed by atoms with Crippen molar-refractivity contribution in [2.45, 2.75) is 44.9 Å². The lowest BCUT2D eigenvalue weighted by atomic mass is 9.83. The van der Waals surface area contributed by atoms with Crippen molar-refractivity contribution in [1.29, 1.82) is 0 Å². The fraction of sp³-hybridized carbons (Fsp3) is 0.361. The van der Waals surface area contributed by atoms with Gasteiger partial charge in [-0.3, -0.25) is 14.4 Å². The molecular formula is C36H42N4O5. The Labute approximate surface area is 264 Å². The number of hydrogen-bond acceptors (Lipinski definition) is 6. The van der Waals surface area contributed by atoms with Gasteiger partial charge in [-0.25, -0.2) is 0 Å². The van der Waals surface area contributed by atoms with Crippen LogP contribution in [0.3, 0.4) is 0 Å². The molecule has 3 aromatic carbocycles. The van der Waals surface area contributed by atoms with Gasteiger partial charge < -0.3 is 30.6 Å². The van der Waals surface area contributed by atoms with Crippen LogP contribution in [-0.4, -0.2) is 59.1 Å². The molecule has 0 bridgehead atoms. The number of nitrogens with one attached hydrogen (secondary N) is 2.